The Hall–Kier alpha value is -1.55. The van der Waals surface area contributed by atoms with E-state index in [0.717, 1.165) is 23.7 Å². The molecule has 2 aliphatic rings. The van der Waals surface area contributed by atoms with Crippen molar-refractivity contribution in [2.24, 2.45) is 0 Å². The van der Waals surface area contributed by atoms with Crippen molar-refractivity contribution in [2.45, 2.75) is 31.3 Å². The van der Waals surface area contributed by atoms with Crippen LogP contribution in [-0.4, -0.2) is 35.1 Å². The van der Waals surface area contributed by atoms with Crippen LogP contribution in [0, 0.1) is 0 Å². The highest BCUT2D eigenvalue weighted by molar-refractivity contribution is 5.74. The Morgan fingerprint density at radius 1 is 1.22 bits per heavy atom. The number of fused-ring (bicyclic) bond motifs is 1. The first kappa shape index (κ1) is 10.4. The third kappa shape index (κ3) is 1.86. The molecule has 1 aromatic heterocycles. The maximum absolute atomic E-state index is 5.70. The highest BCUT2D eigenvalue weighted by atomic mass is 16.4. The van der Waals surface area contributed by atoms with Crippen molar-refractivity contribution in [3.05, 3.63) is 24.3 Å². The second-order valence-corrected chi connectivity index (χ2v) is 5.34. The molecule has 4 heteroatoms. The van der Waals surface area contributed by atoms with E-state index >= 15 is 0 Å². The van der Waals surface area contributed by atoms with Crippen molar-refractivity contribution >= 4 is 17.1 Å². The van der Waals surface area contributed by atoms with Gasteiger partial charge in [-0.3, -0.25) is 4.90 Å². The lowest BCUT2D eigenvalue weighted by Crippen LogP contribution is -2.27. The summed E-state index contributed by atoms with van der Waals surface area (Å²) in [5.41, 5.74) is 1.79. The lowest BCUT2D eigenvalue weighted by molar-refractivity contribution is 0.325. The summed E-state index contributed by atoms with van der Waals surface area (Å²) in [5, 5.41) is 3.42. The number of hydrogen-bond donors (Lipinski definition) is 1. The molecule has 4 rings (SSSR count). The molecule has 18 heavy (non-hydrogen) atoms. The number of rotatable bonds is 3. The number of likely N-dealkylation sites (tertiary alicyclic amines) is 1. The molecule has 1 aliphatic heterocycles. The molecule has 1 aromatic carbocycles. The van der Waals surface area contributed by atoms with E-state index in [-0.39, 0.29) is 0 Å². The van der Waals surface area contributed by atoms with Gasteiger partial charge in [0.05, 0.1) is 0 Å². The minimum atomic E-state index is 0.485. The lowest BCUT2D eigenvalue weighted by atomic mass is 10.3. The zero-order valence-corrected chi connectivity index (χ0v) is 10.3. The maximum atomic E-state index is 5.70. The summed E-state index contributed by atoms with van der Waals surface area (Å²) in [5.74, 6) is 0. The van der Waals surface area contributed by atoms with Gasteiger partial charge in [0.1, 0.15) is 5.52 Å². The van der Waals surface area contributed by atoms with Crippen LogP contribution in [0.15, 0.2) is 28.7 Å². The molecule has 1 saturated carbocycles. The Morgan fingerprint density at radius 3 is 2.94 bits per heavy atom. The molecule has 0 radical (unpaired) electrons. The van der Waals surface area contributed by atoms with Gasteiger partial charge in [0.25, 0.3) is 6.01 Å². The van der Waals surface area contributed by atoms with Gasteiger partial charge in [-0.15, -0.1) is 0 Å². The monoisotopic (exact) mass is 243 g/mol. The topological polar surface area (TPSA) is 41.3 Å². The van der Waals surface area contributed by atoms with E-state index in [1.807, 2.05) is 24.3 Å². The number of oxazole rings is 1. The Labute approximate surface area is 106 Å². The molecular weight excluding hydrogens is 226 g/mol. The molecule has 1 unspecified atom stereocenters. The standard InChI is InChI=1S/C14H17N3O/c1-2-4-13-12(3-1)16-14(18-13)15-10-7-8-17(9-10)11-5-6-11/h1-4,10-11H,5-9H2,(H,15,16). The van der Waals surface area contributed by atoms with Crippen LogP contribution in [0.4, 0.5) is 6.01 Å². The minimum absolute atomic E-state index is 0.485. The second kappa shape index (κ2) is 3.99. The molecule has 1 aliphatic carbocycles. The van der Waals surface area contributed by atoms with Crippen LogP contribution in [0.1, 0.15) is 19.3 Å². The first-order valence-corrected chi connectivity index (χ1v) is 6.75. The van der Waals surface area contributed by atoms with E-state index in [0.29, 0.717) is 12.1 Å². The second-order valence-electron chi connectivity index (χ2n) is 5.34. The molecule has 0 bridgehead atoms. The molecule has 0 spiro atoms. The van der Waals surface area contributed by atoms with Crippen molar-refractivity contribution in [1.82, 2.24) is 9.88 Å². The zero-order chi connectivity index (χ0) is 11.9. The van der Waals surface area contributed by atoms with Gasteiger partial charge in [0.15, 0.2) is 5.58 Å². The van der Waals surface area contributed by atoms with Gasteiger partial charge in [-0.25, -0.2) is 0 Å². The maximum Gasteiger partial charge on any atom is 0.295 e. The first-order valence-electron chi connectivity index (χ1n) is 6.75. The quantitative estimate of drug-likeness (QED) is 0.899. The van der Waals surface area contributed by atoms with E-state index in [1.165, 1.54) is 25.8 Å². The van der Waals surface area contributed by atoms with Gasteiger partial charge in [0.2, 0.25) is 0 Å². The van der Waals surface area contributed by atoms with E-state index in [1.54, 1.807) is 0 Å². The first-order chi connectivity index (χ1) is 8.88. The van der Waals surface area contributed by atoms with Crippen molar-refractivity contribution in [3.8, 4) is 0 Å². The van der Waals surface area contributed by atoms with Crippen molar-refractivity contribution < 1.29 is 4.42 Å². The highest BCUT2D eigenvalue weighted by Gasteiger charge is 2.34. The van der Waals surface area contributed by atoms with Gasteiger partial charge < -0.3 is 9.73 Å². The molecule has 4 nitrogen and oxygen atoms in total. The van der Waals surface area contributed by atoms with Crippen LogP contribution in [0.25, 0.3) is 11.1 Å². The zero-order valence-electron chi connectivity index (χ0n) is 10.3. The third-order valence-corrected chi connectivity index (χ3v) is 3.90. The normalized spacial score (nSPS) is 24.8. The van der Waals surface area contributed by atoms with Crippen molar-refractivity contribution in [2.75, 3.05) is 18.4 Å². The number of benzene rings is 1. The molecule has 1 atom stereocenters. The molecule has 1 N–H and O–H groups in total. The van der Waals surface area contributed by atoms with Gasteiger partial charge in [0, 0.05) is 25.2 Å². The summed E-state index contributed by atoms with van der Waals surface area (Å²) in [7, 11) is 0. The molecule has 2 fully saturated rings. The van der Waals surface area contributed by atoms with Crippen LogP contribution < -0.4 is 5.32 Å². The number of para-hydroxylation sites is 2. The van der Waals surface area contributed by atoms with Crippen LogP contribution in [0.5, 0.6) is 0 Å². The Kier molecular flexibility index (Phi) is 2.30. The summed E-state index contributed by atoms with van der Waals surface area (Å²) < 4.78 is 5.70. The molecule has 0 amide bonds. The fraction of sp³-hybridized carbons (Fsp3) is 0.500. The fourth-order valence-corrected chi connectivity index (χ4v) is 2.79. The molecule has 1 saturated heterocycles. The predicted octanol–water partition coefficient (Wildman–Crippen LogP) is 2.48. The van der Waals surface area contributed by atoms with E-state index in [4.69, 9.17) is 4.42 Å². The van der Waals surface area contributed by atoms with Crippen LogP contribution in [-0.2, 0) is 0 Å². The third-order valence-electron chi connectivity index (χ3n) is 3.90. The van der Waals surface area contributed by atoms with Gasteiger partial charge in [-0.05, 0) is 31.4 Å². The average molecular weight is 243 g/mol. The average Bonchev–Trinajstić information content (AvgIpc) is 2.99. The Bertz CT molecular complexity index is 528. The lowest BCUT2D eigenvalue weighted by Gasteiger charge is -2.14. The van der Waals surface area contributed by atoms with Gasteiger partial charge in [-0.1, -0.05) is 12.1 Å². The van der Waals surface area contributed by atoms with E-state index in [2.05, 4.69) is 15.2 Å². The molecule has 2 aromatic rings. The van der Waals surface area contributed by atoms with Crippen LogP contribution >= 0.6 is 0 Å². The SMILES string of the molecule is c1ccc2oc(NC3CCN(C4CC4)C3)nc2c1. The highest BCUT2D eigenvalue weighted by Crippen LogP contribution is 2.30. The van der Waals surface area contributed by atoms with Gasteiger partial charge in [-0.2, -0.15) is 4.98 Å². The summed E-state index contributed by atoms with van der Waals surface area (Å²) >= 11 is 0. The van der Waals surface area contributed by atoms with Gasteiger partial charge >= 0.3 is 0 Å². The minimum Gasteiger partial charge on any atom is -0.424 e. The number of hydrogen-bond acceptors (Lipinski definition) is 4. The number of nitrogens with zero attached hydrogens (tertiary/aromatic N) is 2. The Balaban J connectivity index is 1.47. The summed E-state index contributed by atoms with van der Waals surface area (Å²) in [4.78, 5) is 7.05. The predicted molar refractivity (Wildman–Crippen MR) is 70.6 cm³/mol. The van der Waals surface area contributed by atoms with E-state index in [9.17, 15) is 0 Å². The molecular formula is C14H17N3O. The number of nitrogens with one attached hydrogen (secondary N) is 1. The van der Waals surface area contributed by atoms with Crippen LogP contribution in [0.3, 0.4) is 0 Å². The number of aromatic nitrogens is 1. The van der Waals surface area contributed by atoms with Crippen molar-refractivity contribution in [3.63, 3.8) is 0 Å². The van der Waals surface area contributed by atoms with Crippen LogP contribution in [0.2, 0.25) is 0 Å². The van der Waals surface area contributed by atoms with E-state index < -0.39 is 0 Å². The van der Waals surface area contributed by atoms with Crippen molar-refractivity contribution in [1.29, 1.82) is 0 Å². The molecule has 2 heterocycles. The number of anilines is 1. The largest absolute Gasteiger partial charge is 0.424 e. The Morgan fingerprint density at radius 2 is 2.11 bits per heavy atom. The summed E-state index contributed by atoms with van der Waals surface area (Å²) in [6.07, 6.45) is 3.96. The smallest absolute Gasteiger partial charge is 0.295 e. The fourth-order valence-electron chi connectivity index (χ4n) is 2.79. The molecule has 94 valence electrons. The summed E-state index contributed by atoms with van der Waals surface area (Å²) in [6.45, 7) is 2.34. The summed E-state index contributed by atoms with van der Waals surface area (Å²) in [6, 6.07) is 9.91.